The van der Waals surface area contributed by atoms with Crippen molar-refractivity contribution in [2.45, 2.75) is 44.3 Å². The van der Waals surface area contributed by atoms with Gasteiger partial charge in [-0.25, -0.2) is 12.7 Å². The molecule has 1 amide bonds. The predicted octanol–water partition coefficient (Wildman–Crippen LogP) is 0.696. The van der Waals surface area contributed by atoms with Gasteiger partial charge < -0.3 is 0 Å². The molecule has 1 heterocycles. The number of carbonyl (C=O) groups excluding carboxylic acids is 2. The molecular formula is C11H17NO4S. The average molecular weight is 259 g/mol. The summed E-state index contributed by atoms with van der Waals surface area (Å²) in [6.45, 7) is 2.48. The first-order chi connectivity index (χ1) is 7.78. The second-order valence-electron chi connectivity index (χ2n) is 5.27. The Hall–Kier alpha value is -0.910. The standard InChI is InChI=1S/C11H17NO4S/c1-11(2)10(14)12(17(11,15)16)7-9(13)8-5-3-4-6-8/h8H,3-7H2,1-2H3. The smallest absolute Gasteiger partial charge is 0.259 e. The molecular weight excluding hydrogens is 242 g/mol. The first-order valence-corrected chi connectivity index (χ1v) is 7.32. The van der Waals surface area contributed by atoms with Crippen molar-refractivity contribution in [1.29, 1.82) is 0 Å². The van der Waals surface area contributed by atoms with Crippen LogP contribution in [0.4, 0.5) is 0 Å². The van der Waals surface area contributed by atoms with E-state index in [2.05, 4.69) is 0 Å². The van der Waals surface area contributed by atoms with Crippen LogP contribution in [0.2, 0.25) is 0 Å². The minimum absolute atomic E-state index is 0.0540. The van der Waals surface area contributed by atoms with Gasteiger partial charge in [-0.2, -0.15) is 0 Å². The molecule has 0 bridgehead atoms. The van der Waals surface area contributed by atoms with Crippen LogP contribution in [0.3, 0.4) is 0 Å². The highest BCUT2D eigenvalue weighted by Gasteiger charge is 2.60. The summed E-state index contributed by atoms with van der Waals surface area (Å²) in [6, 6.07) is 0. The van der Waals surface area contributed by atoms with Crippen molar-refractivity contribution in [3.8, 4) is 0 Å². The Bertz CT molecular complexity index is 460. The summed E-state index contributed by atoms with van der Waals surface area (Å²) in [5.41, 5.74) is 0. The highest BCUT2D eigenvalue weighted by molar-refractivity contribution is 7.94. The lowest BCUT2D eigenvalue weighted by molar-refractivity contribution is -0.136. The van der Waals surface area contributed by atoms with Gasteiger partial charge in [-0.1, -0.05) is 12.8 Å². The van der Waals surface area contributed by atoms with E-state index in [9.17, 15) is 18.0 Å². The van der Waals surface area contributed by atoms with Crippen LogP contribution in [-0.2, 0) is 19.6 Å². The normalized spacial score (nSPS) is 26.9. The Morgan fingerprint density at radius 2 is 1.88 bits per heavy atom. The van der Waals surface area contributed by atoms with Crippen LogP contribution < -0.4 is 0 Å². The summed E-state index contributed by atoms with van der Waals surface area (Å²) in [4.78, 5) is 23.5. The van der Waals surface area contributed by atoms with Gasteiger partial charge in [0.2, 0.25) is 0 Å². The van der Waals surface area contributed by atoms with E-state index in [1.54, 1.807) is 0 Å². The van der Waals surface area contributed by atoms with Gasteiger partial charge in [-0.3, -0.25) is 9.59 Å². The highest BCUT2D eigenvalue weighted by Crippen LogP contribution is 2.35. The zero-order valence-electron chi connectivity index (χ0n) is 10.1. The Labute approximate surface area is 101 Å². The minimum Gasteiger partial charge on any atom is -0.297 e. The van der Waals surface area contributed by atoms with E-state index in [-0.39, 0.29) is 18.2 Å². The molecule has 96 valence electrons. The molecule has 0 radical (unpaired) electrons. The van der Waals surface area contributed by atoms with E-state index >= 15 is 0 Å². The fourth-order valence-corrected chi connectivity index (χ4v) is 3.92. The number of amides is 1. The molecule has 1 saturated heterocycles. The summed E-state index contributed by atoms with van der Waals surface area (Å²) >= 11 is 0. The third-order valence-corrected chi connectivity index (χ3v) is 6.13. The quantitative estimate of drug-likeness (QED) is 0.748. The fraction of sp³-hybridized carbons (Fsp3) is 0.818. The van der Waals surface area contributed by atoms with Gasteiger partial charge in [-0.05, 0) is 26.7 Å². The monoisotopic (exact) mass is 259 g/mol. The molecule has 6 heteroatoms. The molecule has 2 aliphatic rings. The number of sulfonamides is 1. The Morgan fingerprint density at radius 1 is 1.35 bits per heavy atom. The maximum Gasteiger partial charge on any atom is 0.259 e. The fourth-order valence-electron chi connectivity index (χ4n) is 2.43. The van der Waals surface area contributed by atoms with Crippen molar-refractivity contribution in [3.05, 3.63) is 0 Å². The number of nitrogens with zero attached hydrogens (tertiary/aromatic N) is 1. The lowest BCUT2D eigenvalue weighted by Gasteiger charge is -2.42. The summed E-state index contributed by atoms with van der Waals surface area (Å²) in [5.74, 6) is -0.638. The van der Waals surface area contributed by atoms with Gasteiger partial charge in [0.25, 0.3) is 15.9 Å². The lowest BCUT2D eigenvalue weighted by Crippen LogP contribution is -2.68. The summed E-state index contributed by atoms with van der Waals surface area (Å²) < 4.78 is 22.9. The summed E-state index contributed by atoms with van der Waals surface area (Å²) in [7, 11) is -3.61. The third kappa shape index (κ3) is 1.69. The number of hydrogen-bond donors (Lipinski definition) is 0. The van der Waals surface area contributed by atoms with E-state index < -0.39 is 20.7 Å². The zero-order chi connectivity index (χ0) is 12.8. The van der Waals surface area contributed by atoms with Gasteiger partial charge >= 0.3 is 0 Å². The number of ketones is 1. The largest absolute Gasteiger partial charge is 0.297 e. The first-order valence-electron chi connectivity index (χ1n) is 5.88. The zero-order valence-corrected chi connectivity index (χ0v) is 10.9. The average Bonchev–Trinajstić information content (AvgIpc) is 2.77. The topological polar surface area (TPSA) is 71.5 Å². The second-order valence-corrected chi connectivity index (χ2v) is 7.69. The van der Waals surface area contributed by atoms with E-state index in [1.807, 2.05) is 0 Å². The molecule has 0 atom stereocenters. The van der Waals surface area contributed by atoms with Crippen LogP contribution in [0.1, 0.15) is 39.5 Å². The van der Waals surface area contributed by atoms with Crippen molar-refractivity contribution in [1.82, 2.24) is 4.31 Å². The van der Waals surface area contributed by atoms with Crippen LogP contribution in [-0.4, -0.2) is 35.7 Å². The molecule has 0 spiro atoms. The Balaban J connectivity index is 2.06. The molecule has 0 aromatic rings. The molecule has 1 saturated carbocycles. The van der Waals surface area contributed by atoms with Crippen LogP contribution in [0, 0.1) is 5.92 Å². The molecule has 0 N–H and O–H groups in total. The van der Waals surface area contributed by atoms with E-state index in [0.29, 0.717) is 0 Å². The van der Waals surface area contributed by atoms with Gasteiger partial charge in [-0.15, -0.1) is 0 Å². The molecule has 0 aromatic carbocycles. The Kier molecular flexibility index (Phi) is 2.80. The van der Waals surface area contributed by atoms with Crippen molar-refractivity contribution >= 4 is 21.7 Å². The van der Waals surface area contributed by atoms with Crippen LogP contribution >= 0.6 is 0 Å². The number of rotatable bonds is 3. The van der Waals surface area contributed by atoms with Crippen LogP contribution in [0.25, 0.3) is 0 Å². The molecule has 1 aliphatic carbocycles. The van der Waals surface area contributed by atoms with E-state index in [1.165, 1.54) is 13.8 Å². The van der Waals surface area contributed by atoms with Crippen LogP contribution in [0.15, 0.2) is 0 Å². The molecule has 2 fully saturated rings. The lowest BCUT2D eigenvalue weighted by atomic mass is 10.0. The van der Waals surface area contributed by atoms with Crippen molar-refractivity contribution in [2.75, 3.05) is 6.54 Å². The number of carbonyl (C=O) groups is 2. The van der Waals surface area contributed by atoms with Crippen molar-refractivity contribution in [3.63, 3.8) is 0 Å². The summed E-state index contributed by atoms with van der Waals surface area (Å²) in [5, 5.41) is 0. The second kappa shape index (κ2) is 3.80. The van der Waals surface area contributed by atoms with E-state index in [0.717, 1.165) is 30.0 Å². The Morgan fingerprint density at radius 3 is 2.35 bits per heavy atom. The van der Waals surface area contributed by atoms with E-state index in [4.69, 9.17) is 0 Å². The molecule has 2 rings (SSSR count). The minimum atomic E-state index is -3.61. The van der Waals surface area contributed by atoms with Crippen molar-refractivity contribution < 1.29 is 18.0 Å². The maximum absolute atomic E-state index is 11.8. The van der Waals surface area contributed by atoms with Gasteiger partial charge in [0.05, 0.1) is 6.54 Å². The van der Waals surface area contributed by atoms with Crippen molar-refractivity contribution in [2.24, 2.45) is 5.92 Å². The first kappa shape index (κ1) is 12.5. The molecule has 1 aliphatic heterocycles. The molecule has 5 nitrogen and oxygen atoms in total. The summed E-state index contributed by atoms with van der Waals surface area (Å²) in [6.07, 6.45) is 3.68. The number of hydrogen-bond acceptors (Lipinski definition) is 4. The van der Waals surface area contributed by atoms with Gasteiger partial charge in [0.15, 0.2) is 10.5 Å². The maximum atomic E-state index is 11.8. The van der Waals surface area contributed by atoms with Crippen LogP contribution in [0.5, 0.6) is 0 Å². The van der Waals surface area contributed by atoms with Gasteiger partial charge in [0.1, 0.15) is 0 Å². The SMILES string of the molecule is CC1(C)C(=O)N(CC(=O)C2CCCC2)S1(=O)=O. The third-order valence-electron chi connectivity index (χ3n) is 3.79. The molecule has 0 unspecified atom stereocenters. The van der Waals surface area contributed by atoms with Gasteiger partial charge in [0, 0.05) is 5.92 Å². The molecule has 0 aromatic heterocycles. The molecule has 17 heavy (non-hydrogen) atoms. The highest BCUT2D eigenvalue weighted by atomic mass is 32.2. The predicted molar refractivity (Wildman–Crippen MR) is 61.7 cm³/mol. The number of Topliss-reactive ketones (excluding diaryl/α,β-unsaturated/α-hetero) is 1.